The van der Waals surface area contributed by atoms with E-state index in [-0.39, 0.29) is 5.91 Å². The van der Waals surface area contributed by atoms with Crippen LogP contribution in [0.1, 0.15) is 47.9 Å². The molecule has 2 aromatic heterocycles. The molecule has 1 unspecified atom stereocenters. The molecule has 0 aliphatic carbocycles. The van der Waals surface area contributed by atoms with Gasteiger partial charge in [-0.05, 0) is 50.3 Å². The van der Waals surface area contributed by atoms with Crippen molar-refractivity contribution in [2.24, 2.45) is 5.92 Å². The van der Waals surface area contributed by atoms with Gasteiger partial charge in [-0.1, -0.05) is 6.07 Å². The summed E-state index contributed by atoms with van der Waals surface area (Å²) in [4.78, 5) is 23.8. The van der Waals surface area contributed by atoms with Gasteiger partial charge in [-0.3, -0.25) is 15.0 Å². The number of likely N-dealkylation sites (tertiary alicyclic amines) is 1. The summed E-state index contributed by atoms with van der Waals surface area (Å²) in [5.41, 5.74) is 1.46. The zero-order valence-corrected chi connectivity index (χ0v) is 15.6. The molecule has 138 valence electrons. The Kier molecular flexibility index (Phi) is 5.57. The van der Waals surface area contributed by atoms with E-state index >= 15 is 0 Å². The van der Waals surface area contributed by atoms with Crippen molar-refractivity contribution in [2.45, 2.75) is 31.7 Å². The van der Waals surface area contributed by atoms with Gasteiger partial charge >= 0.3 is 0 Å². The first-order chi connectivity index (χ1) is 12.8. The number of carbonyl (C=O) groups excluding carboxylic acids is 1. The minimum atomic E-state index is -0.198. The lowest BCUT2D eigenvalue weighted by atomic mass is 9.99. The Hall–Kier alpha value is -1.83. The van der Waals surface area contributed by atoms with Crippen molar-refractivity contribution >= 4 is 22.4 Å². The van der Waals surface area contributed by atoms with E-state index in [1.807, 2.05) is 17.5 Å². The van der Waals surface area contributed by atoms with Crippen LogP contribution in [0.15, 0.2) is 29.8 Å². The summed E-state index contributed by atoms with van der Waals surface area (Å²) in [5.74, 6) is 0.511. The number of aromatic nitrogens is 2. The molecule has 2 fully saturated rings. The molecule has 4 heterocycles. The van der Waals surface area contributed by atoms with E-state index in [0.717, 1.165) is 51.3 Å². The Balaban J connectivity index is 1.45. The normalized spacial score (nSPS) is 21.8. The summed E-state index contributed by atoms with van der Waals surface area (Å²) in [7, 11) is 0. The SMILES string of the molecule is O=C(Nc1nccs1)c1cccc(C2CCCN2CC2CCOCC2)n1. The Bertz CT molecular complexity index is 731. The van der Waals surface area contributed by atoms with Gasteiger partial charge in [0.05, 0.1) is 11.7 Å². The average Bonchev–Trinajstić information content (AvgIpc) is 3.35. The van der Waals surface area contributed by atoms with Crippen LogP contribution in [0.2, 0.25) is 0 Å². The summed E-state index contributed by atoms with van der Waals surface area (Å²) in [6, 6.07) is 6.06. The number of amides is 1. The van der Waals surface area contributed by atoms with Crippen molar-refractivity contribution in [3.63, 3.8) is 0 Å². The first kappa shape index (κ1) is 17.6. The van der Waals surface area contributed by atoms with E-state index in [2.05, 4.69) is 20.2 Å². The van der Waals surface area contributed by atoms with E-state index in [4.69, 9.17) is 4.74 Å². The standard InChI is InChI=1S/C19H24N4O2S/c24-18(22-19-20-8-12-26-19)16-4-1-3-15(21-16)17-5-2-9-23(17)13-14-6-10-25-11-7-14/h1,3-4,8,12,14,17H,2,5-7,9-11,13H2,(H,20,22,24). The van der Waals surface area contributed by atoms with Gasteiger partial charge in [0.2, 0.25) is 0 Å². The van der Waals surface area contributed by atoms with Crippen LogP contribution in [-0.2, 0) is 4.74 Å². The van der Waals surface area contributed by atoms with Crippen LogP contribution in [-0.4, -0.2) is 47.1 Å². The van der Waals surface area contributed by atoms with Crippen molar-refractivity contribution in [3.05, 3.63) is 41.2 Å². The maximum absolute atomic E-state index is 12.4. The highest BCUT2D eigenvalue weighted by molar-refractivity contribution is 7.13. The van der Waals surface area contributed by atoms with Crippen LogP contribution in [0.4, 0.5) is 5.13 Å². The lowest BCUT2D eigenvalue weighted by Crippen LogP contribution is -2.32. The second-order valence-electron chi connectivity index (χ2n) is 6.95. The molecule has 2 aliphatic heterocycles. The minimum absolute atomic E-state index is 0.198. The molecule has 0 spiro atoms. The van der Waals surface area contributed by atoms with E-state index in [0.29, 0.717) is 22.8 Å². The van der Waals surface area contributed by atoms with Gasteiger partial charge in [0.15, 0.2) is 5.13 Å². The van der Waals surface area contributed by atoms with Crippen LogP contribution in [0.25, 0.3) is 0 Å². The maximum atomic E-state index is 12.4. The molecule has 1 atom stereocenters. The number of carbonyl (C=O) groups is 1. The van der Waals surface area contributed by atoms with Crippen molar-refractivity contribution in [3.8, 4) is 0 Å². The quantitative estimate of drug-likeness (QED) is 0.872. The summed E-state index contributed by atoms with van der Waals surface area (Å²) >= 11 is 1.41. The second-order valence-corrected chi connectivity index (χ2v) is 7.84. The highest BCUT2D eigenvalue weighted by Crippen LogP contribution is 2.33. The molecule has 6 nitrogen and oxygen atoms in total. The topological polar surface area (TPSA) is 67.4 Å². The van der Waals surface area contributed by atoms with Crippen molar-refractivity contribution in [1.29, 1.82) is 0 Å². The number of thiazole rings is 1. The Morgan fingerprint density at radius 3 is 3.00 bits per heavy atom. The van der Waals surface area contributed by atoms with Crippen molar-refractivity contribution in [1.82, 2.24) is 14.9 Å². The van der Waals surface area contributed by atoms with Crippen LogP contribution in [0.3, 0.4) is 0 Å². The van der Waals surface area contributed by atoms with Gasteiger partial charge in [0.1, 0.15) is 5.69 Å². The van der Waals surface area contributed by atoms with Gasteiger partial charge in [-0.15, -0.1) is 11.3 Å². The average molecular weight is 372 g/mol. The number of anilines is 1. The molecule has 2 aliphatic rings. The lowest BCUT2D eigenvalue weighted by Gasteiger charge is -2.30. The number of ether oxygens (including phenoxy) is 1. The number of rotatable bonds is 5. The fraction of sp³-hybridized carbons (Fsp3) is 0.526. The maximum Gasteiger partial charge on any atom is 0.276 e. The van der Waals surface area contributed by atoms with Gasteiger partial charge in [-0.2, -0.15) is 0 Å². The third kappa shape index (κ3) is 4.11. The van der Waals surface area contributed by atoms with E-state index < -0.39 is 0 Å². The molecule has 2 aromatic rings. The lowest BCUT2D eigenvalue weighted by molar-refractivity contribution is 0.0504. The molecule has 0 bridgehead atoms. The number of nitrogens with zero attached hydrogens (tertiary/aromatic N) is 3. The molecule has 26 heavy (non-hydrogen) atoms. The summed E-state index contributed by atoms with van der Waals surface area (Å²) < 4.78 is 5.48. The Labute approximate surface area is 157 Å². The predicted molar refractivity (Wildman–Crippen MR) is 101 cm³/mol. The molecule has 0 radical (unpaired) electrons. The van der Waals surface area contributed by atoms with E-state index in [1.165, 1.54) is 17.8 Å². The van der Waals surface area contributed by atoms with E-state index in [1.54, 1.807) is 12.3 Å². The molecule has 2 saturated heterocycles. The van der Waals surface area contributed by atoms with Crippen LogP contribution in [0.5, 0.6) is 0 Å². The zero-order chi connectivity index (χ0) is 17.8. The van der Waals surface area contributed by atoms with Gasteiger partial charge in [-0.25, -0.2) is 9.97 Å². The molecule has 4 rings (SSSR count). The number of hydrogen-bond donors (Lipinski definition) is 1. The molecule has 1 amide bonds. The molecule has 0 aromatic carbocycles. The number of nitrogens with one attached hydrogen (secondary N) is 1. The number of pyridine rings is 1. The Morgan fingerprint density at radius 2 is 2.19 bits per heavy atom. The predicted octanol–water partition coefficient (Wildman–Crippen LogP) is 3.35. The van der Waals surface area contributed by atoms with E-state index in [9.17, 15) is 4.79 Å². The fourth-order valence-electron chi connectivity index (χ4n) is 3.85. The minimum Gasteiger partial charge on any atom is -0.381 e. The Morgan fingerprint density at radius 1 is 1.31 bits per heavy atom. The van der Waals surface area contributed by atoms with Gasteiger partial charge < -0.3 is 4.74 Å². The van der Waals surface area contributed by atoms with Gasteiger partial charge in [0, 0.05) is 31.3 Å². The van der Waals surface area contributed by atoms with Crippen LogP contribution in [0, 0.1) is 5.92 Å². The smallest absolute Gasteiger partial charge is 0.276 e. The molecule has 7 heteroatoms. The summed E-state index contributed by atoms with van der Waals surface area (Å²) in [6.45, 7) is 3.98. The first-order valence-electron chi connectivity index (χ1n) is 9.29. The first-order valence-corrected chi connectivity index (χ1v) is 10.2. The van der Waals surface area contributed by atoms with Gasteiger partial charge in [0.25, 0.3) is 5.91 Å². The number of hydrogen-bond acceptors (Lipinski definition) is 6. The second kappa shape index (κ2) is 8.24. The highest BCUT2D eigenvalue weighted by atomic mass is 32.1. The molecular weight excluding hydrogens is 348 g/mol. The summed E-state index contributed by atoms with van der Waals surface area (Å²) in [6.07, 6.45) is 6.26. The third-order valence-corrected chi connectivity index (χ3v) is 5.88. The molecule has 0 saturated carbocycles. The summed E-state index contributed by atoms with van der Waals surface area (Å²) in [5, 5.41) is 5.25. The van der Waals surface area contributed by atoms with Crippen LogP contribution < -0.4 is 5.32 Å². The molecule has 1 N–H and O–H groups in total. The zero-order valence-electron chi connectivity index (χ0n) is 14.8. The van der Waals surface area contributed by atoms with Crippen molar-refractivity contribution < 1.29 is 9.53 Å². The van der Waals surface area contributed by atoms with Crippen molar-refractivity contribution in [2.75, 3.05) is 31.6 Å². The molecular formula is C19H24N4O2S. The highest BCUT2D eigenvalue weighted by Gasteiger charge is 2.30. The van der Waals surface area contributed by atoms with Crippen LogP contribution >= 0.6 is 11.3 Å². The largest absolute Gasteiger partial charge is 0.381 e. The monoisotopic (exact) mass is 372 g/mol. The fourth-order valence-corrected chi connectivity index (χ4v) is 4.37. The third-order valence-electron chi connectivity index (χ3n) is 5.19.